The van der Waals surface area contributed by atoms with Crippen LogP contribution in [-0.4, -0.2) is 38.8 Å². The third-order valence-electron chi connectivity index (χ3n) is 2.03. The van der Waals surface area contributed by atoms with Gasteiger partial charge in [-0.2, -0.15) is 5.26 Å². The van der Waals surface area contributed by atoms with E-state index >= 15 is 0 Å². The molecule has 0 aromatic heterocycles. The highest BCUT2D eigenvalue weighted by Crippen LogP contribution is 1.97. The zero-order valence-electron chi connectivity index (χ0n) is 9.58. The van der Waals surface area contributed by atoms with Crippen LogP contribution in [0.4, 0.5) is 0 Å². The number of carbonyl (C=O) groups is 1. The molecule has 0 aromatic carbocycles. The molecule has 0 saturated carbocycles. The van der Waals surface area contributed by atoms with E-state index in [-0.39, 0.29) is 0 Å². The Balaban J connectivity index is 4.08. The minimum atomic E-state index is -0.878. The smallest absolute Gasteiger partial charge is 0.240 e. The van der Waals surface area contributed by atoms with Gasteiger partial charge in [0.05, 0.1) is 26.7 Å². The Labute approximate surface area is 90.6 Å². The lowest BCUT2D eigenvalue weighted by Crippen LogP contribution is -3.05. The lowest BCUT2D eigenvalue weighted by molar-refractivity contribution is -0.858. The van der Waals surface area contributed by atoms with Crippen LogP contribution in [-0.2, 0) is 4.79 Å². The molecule has 0 aromatic rings. The first-order valence-electron chi connectivity index (χ1n) is 4.98. The fourth-order valence-corrected chi connectivity index (χ4v) is 1.14. The summed E-state index contributed by atoms with van der Waals surface area (Å²) < 4.78 is 0. The Morgan fingerprint density at radius 3 is 2.60 bits per heavy atom. The average Bonchev–Trinajstić information content (AvgIpc) is 2.12. The number of hydrogen-bond donors (Lipinski definition) is 2. The molecule has 0 rings (SSSR count). The Morgan fingerprint density at radius 1 is 1.60 bits per heavy atom. The Bertz CT molecular complexity index is 278. The first-order valence-corrected chi connectivity index (χ1v) is 4.98. The van der Waals surface area contributed by atoms with Gasteiger partial charge in [0.15, 0.2) is 5.92 Å². The molecular formula is C10H19N4O+. The van der Waals surface area contributed by atoms with Gasteiger partial charge in [0.25, 0.3) is 0 Å². The summed E-state index contributed by atoms with van der Waals surface area (Å²) in [4.78, 5) is 16.4. The number of carbonyl (C=O) groups excluding carboxylic acids is 1. The van der Waals surface area contributed by atoms with Gasteiger partial charge in [0, 0.05) is 18.7 Å². The van der Waals surface area contributed by atoms with E-state index in [4.69, 9.17) is 11.0 Å². The van der Waals surface area contributed by atoms with E-state index in [1.54, 1.807) is 6.92 Å². The third-order valence-corrected chi connectivity index (χ3v) is 2.03. The van der Waals surface area contributed by atoms with Gasteiger partial charge in [-0.3, -0.25) is 9.79 Å². The molecule has 1 amide bonds. The molecule has 1 unspecified atom stereocenters. The monoisotopic (exact) mass is 211 g/mol. The molecule has 0 fully saturated rings. The summed E-state index contributed by atoms with van der Waals surface area (Å²) in [6, 6.07) is 1.84. The maximum atomic E-state index is 10.8. The van der Waals surface area contributed by atoms with E-state index in [2.05, 4.69) is 19.1 Å². The van der Waals surface area contributed by atoms with Crippen molar-refractivity contribution in [3.63, 3.8) is 0 Å². The second-order valence-corrected chi connectivity index (χ2v) is 3.80. The molecular weight excluding hydrogens is 192 g/mol. The summed E-state index contributed by atoms with van der Waals surface area (Å²) in [5, 5.41) is 8.68. The van der Waals surface area contributed by atoms with Gasteiger partial charge < -0.3 is 10.6 Å². The summed E-state index contributed by atoms with van der Waals surface area (Å²) in [6.45, 7) is 3.33. The molecule has 0 heterocycles. The zero-order valence-corrected chi connectivity index (χ0v) is 9.58. The highest BCUT2D eigenvalue weighted by molar-refractivity contribution is 6.04. The van der Waals surface area contributed by atoms with Crippen LogP contribution in [0.3, 0.4) is 0 Å². The quantitative estimate of drug-likeness (QED) is 0.418. The number of nitrogens with one attached hydrogen (secondary N) is 1. The van der Waals surface area contributed by atoms with Gasteiger partial charge in [-0.25, -0.2) is 0 Å². The van der Waals surface area contributed by atoms with E-state index in [0.29, 0.717) is 12.3 Å². The predicted molar refractivity (Wildman–Crippen MR) is 58.6 cm³/mol. The van der Waals surface area contributed by atoms with Crippen LogP contribution in [0.1, 0.15) is 13.3 Å². The van der Waals surface area contributed by atoms with Crippen molar-refractivity contribution in [1.82, 2.24) is 0 Å². The summed E-state index contributed by atoms with van der Waals surface area (Å²) >= 11 is 0. The molecule has 0 spiro atoms. The maximum absolute atomic E-state index is 10.8. The molecule has 0 saturated heterocycles. The Kier molecular flexibility index (Phi) is 6.30. The molecule has 5 heteroatoms. The number of hydrogen-bond acceptors (Lipinski definition) is 3. The summed E-state index contributed by atoms with van der Waals surface area (Å²) in [6.07, 6.45) is 0.941. The van der Waals surface area contributed by atoms with Crippen LogP contribution in [0, 0.1) is 17.2 Å². The number of quaternary nitrogens is 1. The topological polar surface area (TPSA) is 83.7 Å². The summed E-state index contributed by atoms with van der Waals surface area (Å²) in [7, 11) is 4.14. The van der Waals surface area contributed by atoms with Gasteiger partial charge in [0.2, 0.25) is 5.91 Å². The molecule has 1 atom stereocenters. The molecule has 0 aliphatic carbocycles. The van der Waals surface area contributed by atoms with Crippen molar-refractivity contribution < 1.29 is 9.69 Å². The van der Waals surface area contributed by atoms with E-state index < -0.39 is 11.8 Å². The lowest BCUT2D eigenvalue weighted by atomic mass is 10.1. The fourth-order valence-electron chi connectivity index (χ4n) is 1.14. The van der Waals surface area contributed by atoms with Crippen molar-refractivity contribution in [2.45, 2.75) is 13.3 Å². The van der Waals surface area contributed by atoms with Crippen LogP contribution >= 0.6 is 0 Å². The number of rotatable bonds is 6. The predicted octanol–water partition coefficient (Wildman–Crippen LogP) is -1.39. The zero-order chi connectivity index (χ0) is 11.8. The van der Waals surface area contributed by atoms with Gasteiger partial charge in [-0.05, 0) is 6.92 Å². The number of amides is 1. The summed E-state index contributed by atoms with van der Waals surface area (Å²) in [5.74, 6) is -1.51. The fraction of sp³-hybridized carbons (Fsp3) is 0.700. The van der Waals surface area contributed by atoms with E-state index in [1.807, 2.05) is 6.07 Å². The second kappa shape index (κ2) is 6.96. The first kappa shape index (κ1) is 13.6. The first-order chi connectivity index (χ1) is 6.99. The number of nitrogens with zero attached hydrogens (tertiary/aromatic N) is 2. The lowest BCUT2D eigenvalue weighted by Gasteiger charge is -2.06. The van der Waals surface area contributed by atoms with Crippen LogP contribution in [0.25, 0.3) is 0 Å². The van der Waals surface area contributed by atoms with Gasteiger partial charge >= 0.3 is 0 Å². The molecule has 3 N–H and O–H groups in total. The minimum Gasteiger partial charge on any atom is -0.368 e. The van der Waals surface area contributed by atoms with Gasteiger partial charge in [0.1, 0.15) is 0 Å². The van der Waals surface area contributed by atoms with Crippen LogP contribution < -0.4 is 10.6 Å². The van der Waals surface area contributed by atoms with Crippen molar-refractivity contribution in [2.75, 3.05) is 27.2 Å². The number of aliphatic imine (C=N–C) groups is 1. The number of nitrogens with two attached hydrogens (primary N) is 1. The molecule has 0 radical (unpaired) electrons. The van der Waals surface area contributed by atoms with Crippen LogP contribution in [0.5, 0.6) is 0 Å². The largest absolute Gasteiger partial charge is 0.368 e. The number of primary amides is 1. The molecule has 15 heavy (non-hydrogen) atoms. The molecule has 5 nitrogen and oxygen atoms in total. The second-order valence-electron chi connectivity index (χ2n) is 3.80. The Morgan fingerprint density at radius 2 is 2.20 bits per heavy atom. The van der Waals surface area contributed by atoms with Crippen molar-refractivity contribution in [1.29, 1.82) is 5.26 Å². The maximum Gasteiger partial charge on any atom is 0.240 e. The number of nitriles is 1. The highest BCUT2D eigenvalue weighted by atomic mass is 16.1. The summed E-state index contributed by atoms with van der Waals surface area (Å²) in [5.41, 5.74) is 5.57. The van der Waals surface area contributed by atoms with E-state index in [9.17, 15) is 4.79 Å². The Hall–Kier alpha value is -1.41. The molecule has 0 aliphatic rings. The highest BCUT2D eigenvalue weighted by Gasteiger charge is 2.17. The van der Waals surface area contributed by atoms with Crippen molar-refractivity contribution >= 4 is 11.6 Å². The van der Waals surface area contributed by atoms with Crippen molar-refractivity contribution in [2.24, 2.45) is 16.6 Å². The SMILES string of the molecule is CC(=NCCC[NH+](C)C)C(C#N)C(N)=O. The van der Waals surface area contributed by atoms with E-state index in [1.165, 1.54) is 4.90 Å². The normalized spacial score (nSPS) is 13.7. The molecule has 84 valence electrons. The van der Waals surface area contributed by atoms with E-state index in [0.717, 1.165) is 13.0 Å². The average molecular weight is 211 g/mol. The van der Waals surface area contributed by atoms with Gasteiger partial charge in [-0.1, -0.05) is 0 Å². The van der Waals surface area contributed by atoms with Crippen LogP contribution in [0.2, 0.25) is 0 Å². The van der Waals surface area contributed by atoms with Crippen molar-refractivity contribution in [3.05, 3.63) is 0 Å². The van der Waals surface area contributed by atoms with Crippen molar-refractivity contribution in [3.8, 4) is 6.07 Å². The van der Waals surface area contributed by atoms with Gasteiger partial charge in [-0.15, -0.1) is 0 Å². The van der Waals surface area contributed by atoms with Crippen LogP contribution in [0.15, 0.2) is 4.99 Å². The standard InChI is InChI=1S/C10H18N4O/c1-8(9(7-11)10(12)15)13-5-4-6-14(2)3/h9H,4-6H2,1-3H3,(H2,12,15)/p+1. The minimum absolute atomic E-state index is 0.513. The molecule has 0 bridgehead atoms. The third kappa shape index (κ3) is 5.81. The molecule has 0 aliphatic heterocycles.